The van der Waals surface area contributed by atoms with Gasteiger partial charge in [-0.3, -0.25) is 4.99 Å². The number of nitrogens with zero attached hydrogens (tertiary/aromatic N) is 2. The van der Waals surface area contributed by atoms with Crippen LogP contribution in [0.25, 0.3) is 49.4 Å². The van der Waals surface area contributed by atoms with Crippen molar-refractivity contribution in [2.45, 2.75) is 12.5 Å². The maximum Gasteiger partial charge on any atom is 0.136 e. The Morgan fingerprint density at radius 2 is 1.48 bits per heavy atom. The monoisotopic (exact) mass is 541 g/mol. The number of nitrogens with one attached hydrogen (secondary N) is 1. The summed E-state index contributed by atoms with van der Waals surface area (Å²) in [5, 5.41) is 8.34. The second kappa shape index (κ2) is 9.08. The zero-order valence-electron chi connectivity index (χ0n) is 22.9. The van der Waals surface area contributed by atoms with Gasteiger partial charge in [-0.1, -0.05) is 78.9 Å². The van der Waals surface area contributed by atoms with Crippen LogP contribution < -0.4 is 5.32 Å². The van der Waals surface area contributed by atoms with Gasteiger partial charge in [-0.05, 0) is 66.6 Å². The Labute approximate surface area is 242 Å². The lowest BCUT2D eigenvalue weighted by Crippen LogP contribution is -2.36. The highest BCUT2D eigenvalue weighted by Crippen LogP contribution is 2.40. The highest BCUT2D eigenvalue weighted by Gasteiger charge is 2.31. The normalized spacial score (nSPS) is 18.3. The van der Waals surface area contributed by atoms with Crippen molar-refractivity contribution in [1.82, 2.24) is 9.88 Å². The first kappa shape index (κ1) is 23.4. The molecule has 0 spiro atoms. The molecular weight excluding hydrogens is 514 g/mol. The Bertz CT molecular complexity index is 2250. The van der Waals surface area contributed by atoms with Gasteiger partial charge in [0.15, 0.2) is 0 Å². The van der Waals surface area contributed by atoms with Crippen LogP contribution >= 0.6 is 0 Å². The first-order valence-corrected chi connectivity index (χ1v) is 14.5. The van der Waals surface area contributed by atoms with Crippen LogP contribution in [0.2, 0.25) is 0 Å². The molecule has 3 heterocycles. The standard InChI is InChI=1S/C38H27N3O/c1-2-10-24(11-3-1)37-29-14-4-7-15-32(29)39-38(40-37)25-18-20-26(21-19-25)41-33-16-8-5-12-27(33)30-23-36-31(22-34(30)41)28-13-6-9-17-35(28)42-36/h1-13,15-23,29,37H,14H2,(H,39,40). The van der Waals surface area contributed by atoms with Gasteiger partial charge in [0.05, 0.1) is 17.1 Å². The molecule has 2 unspecified atom stereocenters. The smallest absolute Gasteiger partial charge is 0.136 e. The van der Waals surface area contributed by atoms with Gasteiger partial charge >= 0.3 is 0 Å². The molecule has 5 aromatic carbocycles. The van der Waals surface area contributed by atoms with Gasteiger partial charge in [-0.2, -0.15) is 0 Å². The fourth-order valence-corrected chi connectivity index (χ4v) is 6.82. The molecule has 200 valence electrons. The van der Waals surface area contributed by atoms with Gasteiger partial charge in [0, 0.05) is 44.4 Å². The summed E-state index contributed by atoms with van der Waals surface area (Å²) >= 11 is 0. The number of rotatable bonds is 3. The quantitative estimate of drug-likeness (QED) is 0.242. The van der Waals surface area contributed by atoms with Crippen LogP contribution in [0.4, 0.5) is 0 Å². The number of fused-ring (bicyclic) bond motifs is 7. The molecule has 1 aliphatic heterocycles. The molecule has 2 aliphatic rings. The third-order valence-corrected chi connectivity index (χ3v) is 8.82. The maximum atomic E-state index is 6.25. The van der Waals surface area contributed by atoms with Crippen molar-refractivity contribution in [3.05, 3.63) is 150 Å². The van der Waals surface area contributed by atoms with Crippen molar-refractivity contribution < 1.29 is 4.42 Å². The lowest BCUT2D eigenvalue weighted by molar-refractivity contribution is 0.466. The lowest BCUT2D eigenvalue weighted by atomic mass is 9.84. The number of furan rings is 1. The van der Waals surface area contributed by atoms with E-state index < -0.39 is 0 Å². The average molecular weight is 542 g/mol. The number of allylic oxidation sites excluding steroid dienone is 3. The number of aromatic nitrogens is 1. The molecule has 7 aromatic rings. The van der Waals surface area contributed by atoms with E-state index in [1.807, 2.05) is 12.1 Å². The number of hydrogen-bond acceptors (Lipinski definition) is 3. The summed E-state index contributed by atoms with van der Waals surface area (Å²) in [6.07, 6.45) is 7.58. The van der Waals surface area contributed by atoms with Crippen LogP contribution in [0.1, 0.15) is 23.6 Å². The summed E-state index contributed by atoms with van der Waals surface area (Å²) in [5.74, 6) is 1.25. The van der Waals surface area contributed by atoms with Crippen molar-refractivity contribution in [3.63, 3.8) is 0 Å². The molecule has 4 nitrogen and oxygen atoms in total. The van der Waals surface area contributed by atoms with E-state index in [0.717, 1.165) is 45.4 Å². The molecule has 0 amide bonds. The number of hydrogen-bond donors (Lipinski definition) is 1. The van der Waals surface area contributed by atoms with Crippen molar-refractivity contribution >= 4 is 49.6 Å². The zero-order chi connectivity index (χ0) is 27.6. The molecule has 2 atom stereocenters. The van der Waals surface area contributed by atoms with Crippen molar-refractivity contribution in [3.8, 4) is 5.69 Å². The molecule has 0 saturated heterocycles. The minimum absolute atomic E-state index is 0.0860. The Balaban J connectivity index is 1.18. The fraction of sp³-hybridized carbons (Fsp3) is 0.0789. The van der Waals surface area contributed by atoms with E-state index in [1.165, 1.54) is 33.1 Å². The van der Waals surface area contributed by atoms with Crippen molar-refractivity contribution in [2.24, 2.45) is 10.9 Å². The molecule has 2 aromatic heterocycles. The van der Waals surface area contributed by atoms with Gasteiger partial charge in [0.25, 0.3) is 0 Å². The van der Waals surface area contributed by atoms with Crippen LogP contribution in [-0.2, 0) is 0 Å². The van der Waals surface area contributed by atoms with Gasteiger partial charge in [-0.25, -0.2) is 0 Å². The highest BCUT2D eigenvalue weighted by atomic mass is 16.3. The summed E-state index contributed by atoms with van der Waals surface area (Å²) in [6.45, 7) is 0. The summed E-state index contributed by atoms with van der Waals surface area (Å²) in [5.41, 5.74) is 8.87. The summed E-state index contributed by atoms with van der Waals surface area (Å²) < 4.78 is 8.61. The molecule has 0 radical (unpaired) electrons. The second-order valence-electron chi connectivity index (χ2n) is 11.2. The Kier molecular flexibility index (Phi) is 5.05. The second-order valence-corrected chi connectivity index (χ2v) is 11.2. The topological polar surface area (TPSA) is 42.5 Å². The van der Waals surface area contributed by atoms with Gasteiger partial charge in [-0.15, -0.1) is 0 Å². The maximum absolute atomic E-state index is 6.25. The predicted octanol–water partition coefficient (Wildman–Crippen LogP) is 9.23. The molecule has 1 aliphatic carbocycles. The Morgan fingerprint density at radius 3 is 2.36 bits per heavy atom. The minimum atomic E-state index is 0.0860. The van der Waals surface area contributed by atoms with E-state index in [1.54, 1.807) is 0 Å². The van der Waals surface area contributed by atoms with Crippen LogP contribution in [0.3, 0.4) is 0 Å². The molecule has 9 rings (SSSR count). The van der Waals surface area contributed by atoms with Crippen LogP contribution in [0, 0.1) is 5.92 Å². The molecule has 4 heteroatoms. The summed E-state index contributed by atoms with van der Waals surface area (Å²) in [7, 11) is 0. The van der Waals surface area contributed by atoms with E-state index in [0.29, 0.717) is 5.92 Å². The molecule has 0 fully saturated rings. The Morgan fingerprint density at radius 1 is 0.690 bits per heavy atom. The minimum Gasteiger partial charge on any atom is -0.456 e. The van der Waals surface area contributed by atoms with Gasteiger partial charge in [0.2, 0.25) is 0 Å². The Hall–Kier alpha value is -5.35. The average Bonchev–Trinajstić information content (AvgIpc) is 3.58. The van der Waals surface area contributed by atoms with Gasteiger partial charge < -0.3 is 14.3 Å². The van der Waals surface area contributed by atoms with Crippen LogP contribution in [0.15, 0.2) is 149 Å². The third kappa shape index (κ3) is 3.52. The molecular formula is C38H27N3O. The molecule has 1 N–H and O–H groups in total. The van der Waals surface area contributed by atoms with E-state index in [-0.39, 0.29) is 6.04 Å². The predicted molar refractivity (Wildman–Crippen MR) is 172 cm³/mol. The largest absolute Gasteiger partial charge is 0.456 e. The van der Waals surface area contributed by atoms with Gasteiger partial charge in [0.1, 0.15) is 17.0 Å². The van der Waals surface area contributed by atoms with E-state index in [4.69, 9.17) is 9.41 Å². The number of para-hydroxylation sites is 2. The molecule has 42 heavy (non-hydrogen) atoms. The van der Waals surface area contributed by atoms with Crippen molar-refractivity contribution in [2.75, 3.05) is 0 Å². The van der Waals surface area contributed by atoms with E-state index in [9.17, 15) is 0 Å². The third-order valence-electron chi connectivity index (χ3n) is 8.82. The van der Waals surface area contributed by atoms with Crippen molar-refractivity contribution in [1.29, 1.82) is 0 Å². The lowest BCUT2D eigenvalue weighted by Gasteiger charge is -2.34. The van der Waals surface area contributed by atoms with E-state index in [2.05, 4.69) is 131 Å². The molecule has 0 saturated carbocycles. The zero-order valence-corrected chi connectivity index (χ0v) is 22.9. The number of aliphatic imine (C=N–C) groups is 1. The molecule has 0 bridgehead atoms. The fourth-order valence-electron chi connectivity index (χ4n) is 6.82. The number of amidine groups is 1. The first-order chi connectivity index (χ1) is 20.8. The van der Waals surface area contributed by atoms with Crippen LogP contribution in [-0.4, -0.2) is 10.4 Å². The van der Waals surface area contributed by atoms with E-state index >= 15 is 0 Å². The number of benzene rings is 5. The summed E-state index contributed by atoms with van der Waals surface area (Å²) in [6, 6.07) is 40.9. The van der Waals surface area contributed by atoms with Crippen LogP contribution in [0.5, 0.6) is 0 Å². The highest BCUT2D eigenvalue weighted by molar-refractivity contribution is 6.17. The SMILES string of the molecule is C1=CCC2C(=C1)NC(c1ccc(-n3c4ccccc4c4cc5oc6ccccc6c5cc43)cc1)=NC2c1ccccc1. The first-order valence-electron chi connectivity index (χ1n) is 14.5. The summed E-state index contributed by atoms with van der Waals surface area (Å²) in [4.78, 5) is 5.27.